The summed E-state index contributed by atoms with van der Waals surface area (Å²) in [5, 5.41) is 2.80. The van der Waals surface area contributed by atoms with E-state index in [1.54, 1.807) is 31.2 Å². The molecular weight excluding hydrogens is 511 g/mol. The molecule has 37 heavy (non-hydrogen) atoms. The second-order valence-electron chi connectivity index (χ2n) is 8.68. The maximum Gasteiger partial charge on any atom is 0.416 e. The molecule has 204 valence electrons. The molecule has 0 aliphatic rings. The molecule has 2 rings (SSSR count). The van der Waals surface area contributed by atoms with E-state index in [0.717, 1.165) is 18.4 Å². The summed E-state index contributed by atoms with van der Waals surface area (Å²) in [7, 11) is -2.66. The molecule has 0 bridgehead atoms. The van der Waals surface area contributed by atoms with Gasteiger partial charge in [0.1, 0.15) is 18.3 Å². The maximum atomic E-state index is 13.5. The quantitative estimate of drug-likeness (QED) is 0.465. The number of halogens is 3. The van der Waals surface area contributed by atoms with E-state index >= 15 is 0 Å². The first-order chi connectivity index (χ1) is 17.2. The molecular formula is C25H32F3N3O5S. The van der Waals surface area contributed by atoms with Gasteiger partial charge in [0, 0.05) is 12.6 Å². The first-order valence-electron chi connectivity index (χ1n) is 11.5. The third kappa shape index (κ3) is 8.38. The Hall–Kier alpha value is -3.28. The number of methoxy groups -OCH3 is 1. The normalized spacial score (nSPS) is 13.4. The summed E-state index contributed by atoms with van der Waals surface area (Å²) in [6, 6.07) is 9.30. The van der Waals surface area contributed by atoms with Crippen molar-refractivity contribution >= 4 is 27.5 Å². The first-order valence-corrected chi connectivity index (χ1v) is 13.4. The highest BCUT2D eigenvalue weighted by molar-refractivity contribution is 7.92. The average Bonchev–Trinajstić information content (AvgIpc) is 2.84. The monoisotopic (exact) mass is 543 g/mol. The van der Waals surface area contributed by atoms with Crippen molar-refractivity contribution in [2.45, 2.75) is 52.0 Å². The van der Waals surface area contributed by atoms with Crippen molar-refractivity contribution in [3.63, 3.8) is 0 Å². The number of carbonyl (C=O) groups excluding carboxylic acids is 2. The highest BCUT2D eigenvalue weighted by Gasteiger charge is 2.33. The van der Waals surface area contributed by atoms with Gasteiger partial charge in [0.2, 0.25) is 21.8 Å². The molecule has 0 radical (unpaired) electrons. The SMILES string of the molecule is CC[C@@H](C)NC(=O)[C@H](C)N(Cc1ccc(OC)cc1)C(=O)CN(c1cccc(C(F)(F)F)c1)S(C)(=O)=O. The average molecular weight is 544 g/mol. The van der Waals surface area contributed by atoms with Crippen LogP contribution in [0.3, 0.4) is 0 Å². The number of amides is 2. The molecule has 2 amide bonds. The molecule has 0 fully saturated rings. The number of rotatable bonds is 11. The van der Waals surface area contributed by atoms with E-state index in [0.29, 0.717) is 28.1 Å². The van der Waals surface area contributed by atoms with Crippen molar-refractivity contribution in [2.24, 2.45) is 0 Å². The summed E-state index contributed by atoms with van der Waals surface area (Å²) in [5.74, 6) is -0.622. The molecule has 12 heteroatoms. The minimum absolute atomic E-state index is 0.0435. The van der Waals surface area contributed by atoms with Crippen LogP contribution in [0, 0.1) is 0 Å². The number of hydrogen-bond donors (Lipinski definition) is 1. The van der Waals surface area contributed by atoms with Gasteiger partial charge in [0.25, 0.3) is 0 Å². The molecule has 8 nitrogen and oxygen atoms in total. The van der Waals surface area contributed by atoms with Crippen molar-refractivity contribution in [1.29, 1.82) is 0 Å². The molecule has 2 aromatic rings. The molecule has 0 spiro atoms. The summed E-state index contributed by atoms with van der Waals surface area (Å²) in [5.41, 5.74) is -0.725. The molecule has 0 aliphatic heterocycles. The van der Waals surface area contributed by atoms with Crippen LogP contribution in [-0.4, -0.2) is 57.1 Å². The molecule has 0 saturated heterocycles. The second kappa shape index (κ2) is 12.3. The lowest BCUT2D eigenvalue weighted by Gasteiger charge is -2.32. The van der Waals surface area contributed by atoms with Crippen LogP contribution in [0.25, 0.3) is 0 Å². The minimum Gasteiger partial charge on any atom is -0.497 e. The van der Waals surface area contributed by atoms with Crippen molar-refractivity contribution in [2.75, 3.05) is 24.2 Å². The smallest absolute Gasteiger partial charge is 0.416 e. The van der Waals surface area contributed by atoms with Gasteiger partial charge in [-0.15, -0.1) is 0 Å². The van der Waals surface area contributed by atoms with Crippen LogP contribution in [0.1, 0.15) is 38.3 Å². The fourth-order valence-electron chi connectivity index (χ4n) is 3.43. The van der Waals surface area contributed by atoms with E-state index in [-0.39, 0.29) is 18.3 Å². The van der Waals surface area contributed by atoms with Gasteiger partial charge in [-0.2, -0.15) is 13.2 Å². The minimum atomic E-state index is -4.70. The third-order valence-electron chi connectivity index (χ3n) is 5.82. The van der Waals surface area contributed by atoms with Gasteiger partial charge in [0.15, 0.2) is 0 Å². The molecule has 2 aromatic carbocycles. The Kier molecular flexibility index (Phi) is 9.96. The molecule has 0 unspecified atom stereocenters. The van der Waals surface area contributed by atoms with E-state index < -0.39 is 46.2 Å². The predicted octanol–water partition coefficient (Wildman–Crippen LogP) is 3.81. The maximum absolute atomic E-state index is 13.5. The summed E-state index contributed by atoms with van der Waals surface area (Å²) >= 11 is 0. The number of hydrogen-bond acceptors (Lipinski definition) is 5. The molecule has 1 N–H and O–H groups in total. The standard InChI is InChI=1S/C25H32F3N3O5S/c1-6-17(2)29-24(33)18(3)30(15-19-10-12-22(36-4)13-11-19)23(32)16-31(37(5,34)35)21-9-7-8-20(14-21)25(26,27)28/h7-14,17-18H,6,15-16H2,1-5H3,(H,29,33)/t17-,18+/m1/s1. The van der Waals surface area contributed by atoms with Gasteiger partial charge in [-0.1, -0.05) is 25.1 Å². The molecule has 0 saturated carbocycles. The molecule has 0 aliphatic carbocycles. The molecule has 0 aromatic heterocycles. The van der Waals surface area contributed by atoms with Gasteiger partial charge in [-0.05, 0) is 56.2 Å². The van der Waals surface area contributed by atoms with Crippen LogP contribution >= 0.6 is 0 Å². The largest absolute Gasteiger partial charge is 0.497 e. The predicted molar refractivity (Wildman–Crippen MR) is 135 cm³/mol. The highest BCUT2D eigenvalue weighted by Crippen LogP contribution is 2.32. The number of benzene rings is 2. The Bertz CT molecular complexity index is 1190. The molecule has 2 atom stereocenters. The number of nitrogens with one attached hydrogen (secondary N) is 1. The Morgan fingerprint density at radius 2 is 1.70 bits per heavy atom. The van der Waals surface area contributed by atoms with Crippen molar-refractivity contribution < 1.29 is 35.9 Å². The zero-order chi connectivity index (χ0) is 28.0. The van der Waals surface area contributed by atoms with Crippen molar-refractivity contribution in [1.82, 2.24) is 10.2 Å². The van der Waals surface area contributed by atoms with Crippen LogP contribution in [0.4, 0.5) is 18.9 Å². The number of ether oxygens (including phenoxy) is 1. The fourth-order valence-corrected chi connectivity index (χ4v) is 4.27. The van der Waals surface area contributed by atoms with Crippen LogP contribution in [0.15, 0.2) is 48.5 Å². The van der Waals surface area contributed by atoms with Gasteiger partial charge in [0.05, 0.1) is 24.6 Å². The number of sulfonamides is 1. The summed E-state index contributed by atoms with van der Waals surface area (Å²) in [6.07, 6.45) is -3.25. The number of nitrogens with zero attached hydrogens (tertiary/aromatic N) is 2. The zero-order valence-corrected chi connectivity index (χ0v) is 22.2. The van der Waals surface area contributed by atoms with Crippen molar-refractivity contribution in [3.05, 3.63) is 59.7 Å². The Morgan fingerprint density at radius 3 is 2.22 bits per heavy atom. The molecule has 0 heterocycles. The summed E-state index contributed by atoms with van der Waals surface area (Å²) in [6.45, 7) is 4.36. The second-order valence-corrected chi connectivity index (χ2v) is 10.6. The van der Waals surface area contributed by atoms with Crippen LogP contribution in [0.2, 0.25) is 0 Å². The number of anilines is 1. The Balaban J connectivity index is 2.43. The Morgan fingerprint density at radius 1 is 1.08 bits per heavy atom. The highest BCUT2D eigenvalue weighted by atomic mass is 32.2. The lowest BCUT2D eigenvalue weighted by atomic mass is 10.1. The van der Waals surface area contributed by atoms with Gasteiger partial charge in [-0.3, -0.25) is 13.9 Å². The lowest BCUT2D eigenvalue weighted by molar-refractivity contribution is -0.139. The van der Waals surface area contributed by atoms with Crippen LogP contribution in [0.5, 0.6) is 5.75 Å². The van der Waals surface area contributed by atoms with Gasteiger partial charge in [-0.25, -0.2) is 8.42 Å². The van der Waals surface area contributed by atoms with E-state index in [4.69, 9.17) is 4.74 Å². The van der Waals surface area contributed by atoms with E-state index in [9.17, 15) is 31.2 Å². The van der Waals surface area contributed by atoms with Crippen LogP contribution < -0.4 is 14.4 Å². The number of alkyl halides is 3. The van der Waals surface area contributed by atoms with Gasteiger partial charge < -0.3 is 15.0 Å². The topological polar surface area (TPSA) is 96.0 Å². The van der Waals surface area contributed by atoms with Crippen LogP contribution in [-0.2, 0) is 32.3 Å². The lowest BCUT2D eigenvalue weighted by Crippen LogP contribution is -2.52. The summed E-state index contributed by atoms with van der Waals surface area (Å²) < 4.78 is 70.6. The third-order valence-corrected chi connectivity index (χ3v) is 6.96. The number of carbonyl (C=O) groups is 2. The zero-order valence-electron chi connectivity index (χ0n) is 21.4. The summed E-state index contributed by atoms with van der Waals surface area (Å²) in [4.78, 5) is 27.6. The van der Waals surface area contributed by atoms with E-state index in [1.807, 2.05) is 6.92 Å². The Labute approximate surface area is 215 Å². The first kappa shape index (κ1) is 29.9. The fraction of sp³-hybridized carbons (Fsp3) is 0.440. The van der Waals surface area contributed by atoms with E-state index in [2.05, 4.69) is 5.32 Å². The van der Waals surface area contributed by atoms with Crippen molar-refractivity contribution in [3.8, 4) is 5.75 Å². The van der Waals surface area contributed by atoms with Gasteiger partial charge >= 0.3 is 6.18 Å². The van der Waals surface area contributed by atoms with E-state index in [1.165, 1.54) is 25.0 Å².